The van der Waals surface area contributed by atoms with Crippen LogP contribution in [0, 0.1) is 5.82 Å². The maximum atomic E-state index is 13.4. The first-order valence-electron chi connectivity index (χ1n) is 5.82. The van der Waals surface area contributed by atoms with Gasteiger partial charge < -0.3 is 14.8 Å². The normalized spacial score (nSPS) is 19.5. The zero-order valence-electron chi connectivity index (χ0n) is 11.0. The first-order chi connectivity index (χ1) is 9.28. The van der Waals surface area contributed by atoms with Crippen molar-refractivity contribution in [2.75, 3.05) is 5.32 Å². The second-order valence-corrected chi connectivity index (χ2v) is 5.50. The van der Waals surface area contributed by atoms with Gasteiger partial charge in [-0.2, -0.15) is 0 Å². The van der Waals surface area contributed by atoms with Crippen LogP contribution >= 0.6 is 15.9 Å². The Bertz CT molecular complexity index is 588. The zero-order valence-corrected chi connectivity index (χ0v) is 12.6. The molecule has 1 aromatic carbocycles. The number of ether oxygens (including phenoxy) is 2. The number of hydrogen-bond acceptors (Lipinski definition) is 4. The molecule has 1 aliphatic heterocycles. The Labute approximate surface area is 124 Å². The van der Waals surface area contributed by atoms with E-state index in [9.17, 15) is 9.18 Å². The number of benzene rings is 1. The standard InChI is InChI=1S/C14H13BrFNO3/c1-8-10(13(18)20-14(2,3)19-8)7-17-9-4-5-11(15)12(16)6-9/h4-7,17H,1H2,2-3H3/b10-7-. The van der Waals surface area contributed by atoms with Crippen LogP contribution in [-0.4, -0.2) is 11.8 Å². The maximum Gasteiger partial charge on any atom is 0.346 e. The van der Waals surface area contributed by atoms with Gasteiger partial charge in [-0.1, -0.05) is 6.58 Å². The summed E-state index contributed by atoms with van der Waals surface area (Å²) in [6, 6.07) is 4.51. The zero-order chi connectivity index (χ0) is 14.9. The second kappa shape index (κ2) is 5.28. The largest absolute Gasteiger partial charge is 0.452 e. The molecular weight excluding hydrogens is 329 g/mol. The van der Waals surface area contributed by atoms with Crippen molar-refractivity contribution in [3.63, 3.8) is 0 Å². The molecular formula is C14H13BrFNO3. The van der Waals surface area contributed by atoms with E-state index in [1.807, 2.05) is 0 Å². The molecule has 0 spiro atoms. The van der Waals surface area contributed by atoms with Crippen LogP contribution in [0.3, 0.4) is 0 Å². The smallest absolute Gasteiger partial charge is 0.346 e. The molecule has 106 valence electrons. The number of hydrogen-bond donors (Lipinski definition) is 1. The Morgan fingerprint density at radius 3 is 2.70 bits per heavy atom. The lowest BCUT2D eigenvalue weighted by molar-refractivity contribution is -0.208. The fourth-order valence-corrected chi connectivity index (χ4v) is 1.89. The molecule has 4 nitrogen and oxygen atoms in total. The van der Waals surface area contributed by atoms with Crippen molar-refractivity contribution < 1.29 is 18.7 Å². The number of halogens is 2. The van der Waals surface area contributed by atoms with Crippen molar-refractivity contribution >= 4 is 27.6 Å². The van der Waals surface area contributed by atoms with Crippen LogP contribution in [0.2, 0.25) is 0 Å². The fourth-order valence-electron chi connectivity index (χ4n) is 1.65. The third-order valence-corrected chi connectivity index (χ3v) is 3.17. The van der Waals surface area contributed by atoms with E-state index in [2.05, 4.69) is 27.8 Å². The molecule has 1 saturated heterocycles. The summed E-state index contributed by atoms with van der Waals surface area (Å²) in [6.45, 7) is 6.90. The number of nitrogens with one attached hydrogen (secondary N) is 1. The average molecular weight is 342 g/mol. The predicted molar refractivity (Wildman–Crippen MR) is 76.2 cm³/mol. The van der Waals surface area contributed by atoms with Crippen molar-refractivity contribution in [1.29, 1.82) is 0 Å². The summed E-state index contributed by atoms with van der Waals surface area (Å²) < 4.78 is 24.2. The number of carbonyl (C=O) groups is 1. The van der Waals surface area contributed by atoms with Crippen molar-refractivity contribution in [3.05, 3.63) is 52.6 Å². The lowest BCUT2D eigenvalue weighted by Crippen LogP contribution is -2.37. The van der Waals surface area contributed by atoms with Gasteiger partial charge in [-0.05, 0) is 34.1 Å². The van der Waals surface area contributed by atoms with E-state index in [1.54, 1.807) is 26.0 Å². The molecule has 2 rings (SSSR count). The first kappa shape index (κ1) is 14.6. The van der Waals surface area contributed by atoms with Crippen LogP contribution in [0.25, 0.3) is 0 Å². The molecule has 0 radical (unpaired) electrons. The van der Waals surface area contributed by atoms with Gasteiger partial charge in [-0.25, -0.2) is 9.18 Å². The summed E-state index contributed by atoms with van der Waals surface area (Å²) in [6.07, 6.45) is 1.38. The van der Waals surface area contributed by atoms with Gasteiger partial charge >= 0.3 is 5.97 Å². The molecule has 1 aliphatic rings. The number of rotatable bonds is 2. The summed E-state index contributed by atoms with van der Waals surface area (Å²) >= 11 is 3.06. The Kier molecular flexibility index (Phi) is 3.85. The highest BCUT2D eigenvalue weighted by Gasteiger charge is 2.35. The van der Waals surface area contributed by atoms with Crippen molar-refractivity contribution in [2.45, 2.75) is 19.6 Å². The van der Waals surface area contributed by atoms with Crippen LogP contribution in [0.4, 0.5) is 10.1 Å². The minimum Gasteiger partial charge on any atom is -0.452 e. The van der Waals surface area contributed by atoms with Crippen LogP contribution in [-0.2, 0) is 14.3 Å². The van der Waals surface area contributed by atoms with Gasteiger partial charge in [0, 0.05) is 25.7 Å². The van der Waals surface area contributed by atoms with Crippen molar-refractivity contribution in [2.24, 2.45) is 0 Å². The van der Waals surface area contributed by atoms with Gasteiger partial charge in [0.15, 0.2) is 0 Å². The highest BCUT2D eigenvalue weighted by atomic mass is 79.9. The molecule has 0 unspecified atom stereocenters. The third kappa shape index (κ3) is 3.19. The minimum atomic E-state index is -1.03. The number of anilines is 1. The molecule has 0 atom stereocenters. The van der Waals surface area contributed by atoms with Crippen LogP contribution < -0.4 is 5.32 Å². The van der Waals surface area contributed by atoms with E-state index in [1.165, 1.54) is 12.3 Å². The van der Waals surface area contributed by atoms with E-state index in [0.29, 0.717) is 10.2 Å². The fraction of sp³-hybridized carbons (Fsp3) is 0.214. The summed E-state index contributed by atoms with van der Waals surface area (Å²) in [7, 11) is 0. The predicted octanol–water partition coefficient (Wildman–Crippen LogP) is 3.71. The highest BCUT2D eigenvalue weighted by Crippen LogP contribution is 2.28. The van der Waals surface area contributed by atoms with Crippen molar-refractivity contribution in [3.8, 4) is 0 Å². The topological polar surface area (TPSA) is 47.6 Å². The van der Waals surface area contributed by atoms with Gasteiger partial charge in [0.1, 0.15) is 17.1 Å². The van der Waals surface area contributed by atoms with Crippen LogP contribution in [0.5, 0.6) is 0 Å². The lowest BCUT2D eigenvalue weighted by atomic mass is 10.2. The number of cyclic esters (lactones) is 1. The molecule has 0 aromatic heterocycles. The summed E-state index contributed by atoms with van der Waals surface area (Å²) in [5, 5.41) is 2.81. The molecule has 1 N–H and O–H groups in total. The summed E-state index contributed by atoms with van der Waals surface area (Å²) in [4.78, 5) is 11.8. The molecule has 6 heteroatoms. The SMILES string of the molecule is C=C1OC(C)(C)OC(=O)/C1=C\Nc1ccc(Br)c(F)c1. The minimum absolute atomic E-state index is 0.160. The second-order valence-electron chi connectivity index (χ2n) is 4.65. The molecule has 0 aliphatic carbocycles. The Morgan fingerprint density at radius 1 is 1.40 bits per heavy atom. The van der Waals surface area contributed by atoms with Gasteiger partial charge in [0.2, 0.25) is 5.79 Å². The molecule has 0 amide bonds. The Balaban J connectivity index is 2.17. The molecule has 1 aromatic rings. The first-order valence-corrected chi connectivity index (χ1v) is 6.61. The third-order valence-electron chi connectivity index (χ3n) is 2.53. The van der Waals surface area contributed by atoms with Gasteiger partial charge in [0.25, 0.3) is 0 Å². The van der Waals surface area contributed by atoms with E-state index >= 15 is 0 Å². The lowest BCUT2D eigenvalue weighted by Gasteiger charge is -2.32. The van der Waals surface area contributed by atoms with Crippen molar-refractivity contribution in [1.82, 2.24) is 0 Å². The quantitative estimate of drug-likeness (QED) is 0.658. The highest BCUT2D eigenvalue weighted by molar-refractivity contribution is 9.10. The maximum absolute atomic E-state index is 13.4. The van der Waals surface area contributed by atoms with Crippen LogP contribution in [0.15, 0.2) is 46.8 Å². The summed E-state index contributed by atoms with van der Waals surface area (Å²) in [5.74, 6) is -1.78. The van der Waals surface area contributed by atoms with E-state index in [-0.39, 0.29) is 11.3 Å². The summed E-state index contributed by atoms with van der Waals surface area (Å²) in [5.41, 5.74) is 0.649. The average Bonchev–Trinajstić information content (AvgIpc) is 2.31. The molecule has 1 heterocycles. The molecule has 0 bridgehead atoms. The van der Waals surface area contributed by atoms with E-state index < -0.39 is 17.6 Å². The van der Waals surface area contributed by atoms with Gasteiger partial charge in [-0.3, -0.25) is 0 Å². The monoisotopic (exact) mass is 341 g/mol. The van der Waals surface area contributed by atoms with Gasteiger partial charge in [0.05, 0.1) is 4.47 Å². The number of esters is 1. The van der Waals surface area contributed by atoms with E-state index in [0.717, 1.165) is 0 Å². The number of carbonyl (C=O) groups excluding carboxylic acids is 1. The van der Waals surface area contributed by atoms with Gasteiger partial charge in [-0.15, -0.1) is 0 Å². The molecule has 0 saturated carbocycles. The Morgan fingerprint density at radius 2 is 2.10 bits per heavy atom. The Hall–Kier alpha value is -1.82. The molecule has 1 fully saturated rings. The molecule has 20 heavy (non-hydrogen) atoms. The van der Waals surface area contributed by atoms with Crippen LogP contribution in [0.1, 0.15) is 13.8 Å². The van der Waals surface area contributed by atoms with E-state index in [4.69, 9.17) is 9.47 Å².